The van der Waals surface area contributed by atoms with Gasteiger partial charge in [-0.3, -0.25) is 4.79 Å². The van der Waals surface area contributed by atoms with Crippen LogP contribution in [0.4, 0.5) is 0 Å². The first-order valence-electron chi connectivity index (χ1n) is 9.04. The Morgan fingerprint density at radius 2 is 1.79 bits per heavy atom. The van der Waals surface area contributed by atoms with Gasteiger partial charge in [0.2, 0.25) is 5.91 Å². The van der Waals surface area contributed by atoms with E-state index >= 15 is 0 Å². The van der Waals surface area contributed by atoms with Gasteiger partial charge in [0.15, 0.2) is 5.96 Å². The molecule has 0 atom stereocenters. The zero-order valence-electron chi connectivity index (χ0n) is 16.9. The molecule has 1 saturated heterocycles. The van der Waals surface area contributed by atoms with E-state index in [1.165, 1.54) is 14.2 Å². The molecular weight excluding hydrogens is 475 g/mol. The van der Waals surface area contributed by atoms with Crippen molar-refractivity contribution in [1.29, 1.82) is 0 Å². The molecule has 1 heterocycles. The lowest BCUT2D eigenvalue weighted by atomic mass is 10.1. The lowest BCUT2D eigenvalue weighted by molar-refractivity contribution is -0.130. The molecule has 1 aromatic rings. The first-order valence-corrected chi connectivity index (χ1v) is 9.04. The highest BCUT2D eigenvalue weighted by Crippen LogP contribution is 2.21. The molecule has 0 bridgehead atoms. The fourth-order valence-electron chi connectivity index (χ4n) is 2.95. The van der Waals surface area contributed by atoms with Crippen LogP contribution in [0.5, 0.6) is 5.75 Å². The van der Waals surface area contributed by atoms with Gasteiger partial charge in [0, 0.05) is 39.6 Å². The monoisotopic (exact) mass is 504 g/mol. The molecule has 156 valence electrons. The highest BCUT2D eigenvalue weighted by Gasteiger charge is 2.21. The molecule has 1 aliphatic rings. The average Bonchev–Trinajstić information content (AvgIpc) is 2.70. The summed E-state index contributed by atoms with van der Waals surface area (Å²) in [4.78, 5) is 32.1. The van der Waals surface area contributed by atoms with Crippen molar-refractivity contribution in [2.24, 2.45) is 4.99 Å². The SMILES string of the molecule is CCNC(=NCc1ccc(OC)c(C(=O)OC)c1)N1CCN(C(C)=O)CC1.I. The van der Waals surface area contributed by atoms with E-state index in [1.807, 2.05) is 17.9 Å². The van der Waals surface area contributed by atoms with E-state index in [9.17, 15) is 9.59 Å². The molecule has 0 aromatic heterocycles. The topological polar surface area (TPSA) is 83.5 Å². The number of ether oxygens (including phenoxy) is 2. The second-order valence-corrected chi connectivity index (χ2v) is 6.19. The van der Waals surface area contributed by atoms with Crippen molar-refractivity contribution in [3.05, 3.63) is 29.3 Å². The summed E-state index contributed by atoms with van der Waals surface area (Å²) in [6.45, 7) is 7.64. The van der Waals surface area contributed by atoms with Gasteiger partial charge in [0.25, 0.3) is 0 Å². The van der Waals surface area contributed by atoms with E-state index in [0.717, 1.165) is 31.2 Å². The van der Waals surface area contributed by atoms with Crippen LogP contribution in [0.2, 0.25) is 0 Å². The number of amides is 1. The fourth-order valence-corrected chi connectivity index (χ4v) is 2.95. The standard InChI is InChI=1S/C19H28N4O4.HI/c1-5-20-19(23-10-8-22(9-11-23)14(2)24)21-13-15-6-7-17(26-3)16(12-15)18(25)27-4;/h6-7,12H,5,8-11,13H2,1-4H3,(H,20,21);1H. The van der Waals surface area contributed by atoms with E-state index in [-0.39, 0.29) is 29.9 Å². The first-order chi connectivity index (χ1) is 13.0. The number of rotatable bonds is 5. The summed E-state index contributed by atoms with van der Waals surface area (Å²) in [7, 11) is 2.86. The maximum atomic E-state index is 11.9. The number of methoxy groups -OCH3 is 2. The van der Waals surface area contributed by atoms with Crippen LogP contribution in [-0.2, 0) is 16.1 Å². The third-order valence-corrected chi connectivity index (χ3v) is 4.44. The highest BCUT2D eigenvalue weighted by atomic mass is 127. The molecular formula is C19H29IN4O4. The number of hydrogen-bond donors (Lipinski definition) is 1. The Balaban J connectivity index is 0.00000392. The summed E-state index contributed by atoms with van der Waals surface area (Å²) >= 11 is 0. The fraction of sp³-hybridized carbons (Fsp3) is 0.526. The highest BCUT2D eigenvalue weighted by molar-refractivity contribution is 14.0. The third kappa shape index (κ3) is 6.25. The summed E-state index contributed by atoms with van der Waals surface area (Å²) in [5.74, 6) is 0.938. The normalized spacial score (nSPS) is 14.2. The van der Waals surface area contributed by atoms with Gasteiger partial charge in [-0.2, -0.15) is 0 Å². The van der Waals surface area contributed by atoms with Gasteiger partial charge in [0.05, 0.1) is 20.8 Å². The van der Waals surface area contributed by atoms with Crippen molar-refractivity contribution >= 4 is 41.8 Å². The van der Waals surface area contributed by atoms with Gasteiger partial charge in [-0.1, -0.05) is 6.07 Å². The molecule has 8 nitrogen and oxygen atoms in total. The van der Waals surface area contributed by atoms with E-state index in [4.69, 9.17) is 14.5 Å². The number of piperazine rings is 1. The number of halogens is 1. The number of esters is 1. The number of hydrogen-bond acceptors (Lipinski definition) is 5. The number of aliphatic imine (C=N–C) groups is 1. The van der Waals surface area contributed by atoms with E-state index in [1.54, 1.807) is 19.1 Å². The number of nitrogens with zero attached hydrogens (tertiary/aromatic N) is 3. The summed E-state index contributed by atoms with van der Waals surface area (Å²) in [5, 5.41) is 3.29. The van der Waals surface area contributed by atoms with Crippen LogP contribution in [0, 0.1) is 0 Å². The summed E-state index contributed by atoms with van der Waals surface area (Å²) in [6, 6.07) is 5.37. The molecule has 2 rings (SSSR count). The Kier molecular flexibility index (Phi) is 10.0. The van der Waals surface area contributed by atoms with Crippen LogP contribution >= 0.6 is 24.0 Å². The molecule has 0 aliphatic carbocycles. The summed E-state index contributed by atoms with van der Waals surface area (Å²) in [5.41, 5.74) is 1.27. The number of carbonyl (C=O) groups excluding carboxylic acids is 2. The van der Waals surface area contributed by atoms with Crippen molar-refractivity contribution in [3.8, 4) is 5.75 Å². The van der Waals surface area contributed by atoms with Crippen LogP contribution in [0.1, 0.15) is 29.8 Å². The van der Waals surface area contributed by atoms with Crippen molar-refractivity contribution in [2.75, 3.05) is 46.9 Å². The molecule has 1 N–H and O–H groups in total. The van der Waals surface area contributed by atoms with Gasteiger partial charge in [0.1, 0.15) is 11.3 Å². The van der Waals surface area contributed by atoms with Gasteiger partial charge in [-0.05, 0) is 24.6 Å². The predicted molar refractivity (Wildman–Crippen MR) is 118 cm³/mol. The minimum absolute atomic E-state index is 0. The Morgan fingerprint density at radius 3 is 2.32 bits per heavy atom. The summed E-state index contributed by atoms with van der Waals surface area (Å²) < 4.78 is 10.0. The second kappa shape index (κ2) is 11.7. The zero-order chi connectivity index (χ0) is 19.8. The molecule has 0 radical (unpaired) electrons. The minimum Gasteiger partial charge on any atom is -0.496 e. The predicted octanol–water partition coefficient (Wildman–Crippen LogP) is 1.73. The van der Waals surface area contributed by atoms with E-state index in [0.29, 0.717) is 30.9 Å². The molecule has 9 heteroatoms. The summed E-state index contributed by atoms with van der Waals surface area (Å²) in [6.07, 6.45) is 0. The Labute approximate surface area is 183 Å². The van der Waals surface area contributed by atoms with Gasteiger partial charge >= 0.3 is 5.97 Å². The van der Waals surface area contributed by atoms with Crippen LogP contribution < -0.4 is 10.1 Å². The van der Waals surface area contributed by atoms with Crippen molar-refractivity contribution in [3.63, 3.8) is 0 Å². The molecule has 0 unspecified atom stereocenters. The van der Waals surface area contributed by atoms with Crippen LogP contribution in [0.3, 0.4) is 0 Å². The van der Waals surface area contributed by atoms with Gasteiger partial charge in [-0.15, -0.1) is 24.0 Å². The Hall–Kier alpha value is -2.04. The van der Waals surface area contributed by atoms with Crippen LogP contribution in [0.25, 0.3) is 0 Å². The largest absolute Gasteiger partial charge is 0.496 e. The van der Waals surface area contributed by atoms with Crippen LogP contribution in [0.15, 0.2) is 23.2 Å². The van der Waals surface area contributed by atoms with E-state index < -0.39 is 5.97 Å². The lowest BCUT2D eigenvalue weighted by Crippen LogP contribution is -2.53. The third-order valence-electron chi connectivity index (χ3n) is 4.44. The Bertz CT molecular complexity index is 703. The molecule has 1 aromatic carbocycles. The smallest absolute Gasteiger partial charge is 0.341 e. The molecule has 28 heavy (non-hydrogen) atoms. The number of benzene rings is 1. The van der Waals surface area contributed by atoms with Crippen LogP contribution in [-0.4, -0.2) is 74.6 Å². The van der Waals surface area contributed by atoms with Crippen molar-refractivity contribution < 1.29 is 19.1 Å². The minimum atomic E-state index is -0.440. The van der Waals surface area contributed by atoms with E-state index in [2.05, 4.69) is 10.2 Å². The van der Waals surface area contributed by atoms with Crippen molar-refractivity contribution in [2.45, 2.75) is 20.4 Å². The Morgan fingerprint density at radius 1 is 1.14 bits per heavy atom. The molecule has 0 spiro atoms. The first kappa shape index (κ1) is 24.0. The molecule has 1 fully saturated rings. The molecule has 1 amide bonds. The average molecular weight is 504 g/mol. The quantitative estimate of drug-likeness (QED) is 0.285. The van der Waals surface area contributed by atoms with Gasteiger partial charge in [-0.25, -0.2) is 9.79 Å². The number of carbonyl (C=O) groups is 2. The van der Waals surface area contributed by atoms with Gasteiger partial charge < -0.3 is 24.6 Å². The second-order valence-electron chi connectivity index (χ2n) is 6.19. The molecule has 1 aliphatic heterocycles. The number of nitrogens with one attached hydrogen (secondary N) is 1. The zero-order valence-corrected chi connectivity index (χ0v) is 19.2. The maximum absolute atomic E-state index is 11.9. The maximum Gasteiger partial charge on any atom is 0.341 e. The number of guanidine groups is 1. The van der Waals surface area contributed by atoms with Crippen molar-refractivity contribution in [1.82, 2.24) is 15.1 Å². The molecule has 0 saturated carbocycles. The lowest BCUT2D eigenvalue weighted by Gasteiger charge is -2.36.